The number of halogens is 2. The molecular formula is C34H32Cl2O4. The van der Waals surface area contributed by atoms with Gasteiger partial charge < -0.3 is 18.9 Å². The van der Waals surface area contributed by atoms with Crippen LogP contribution in [0, 0.1) is 0 Å². The summed E-state index contributed by atoms with van der Waals surface area (Å²) in [4.78, 5) is 0. The van der Waals surface area contributed by atoms with Crippen LogP contribution in [0.3, 0.4) is 0 Å². The fraction of sp³-hybridized carbons (Fsp3) is 0.294. The van der Waals surface area contributed by atoms with Crippen molar-refractivity contribution >= 4 is 23.2 Å². The Kier molecular flexibility index (Phi) is 8.59. The molecule has 2 aliphatic heterocycles. The number of ether oxygens (including phenoxy) is 4. The second kappa shape index (κ2) is 12.7. The topological polar surface area (TPSA) is 36.9 Å². The van der Waals surface area contributed by atoms with Gasteiger partial charge in [-0.15, -0.1) is 0 Å². The van der Waals surface area contributed by atoms with E-state index < -0.39 is 0 Å². The van der Waals surface area contributed by atoms with Crippen molar-refractivity contribution in [2.24, 2.45) is 0 Å². The van der Waals surface area contributed by atoms with Gasteiger partial charge in [0.05, 0.1) is 26.4 Å². The van der Waals surface area contributed by atoms with E-state index in [1.54, 1.807) is 0 Å². The Morgan fingerprint density at radius 2 is 1.00 bits per heavy atom. The lowest BCUT2D eigenvalue weighted by Crippen LogP contribution is -2.15. The minimum absolute atomic E-state index is 0.145. The third-order valence-electron chi connectivity index (χ3n) is 7.44. The second-order valence-electron chi connectivity index (χ2n) is 10.5. The first-order valence-electron chi connectivity index (χ1n) is 13.8. The first kappa shape index (κ1) is 27.2. The van der Waals surface area contributed by atoms with Crippen molar-refractivity contribution < 1.29 is 18.9 Å². The Morgan fingerprint density at radius 3 is 1.38 bits per heavy atom. The highest BCUT2D eigenvalue weighted by atomic mass is 35.5. The fourth-order valence-electron chi connectivity index (χ4n) is 5.19. The maximum absolute atomic E-state index is 6.63. The lowest BCUT2D eigenvalue weighted by molar-refractivity contribution is 0.141. The molecule has 2 saturated heterocycles. The van der Waals surface area contributed by atoms with Gasteiger partial charge in [-0.1, -0.05) is 59.6 Å². The van der Waals surface area contributed by atoms with E-state index in [0.29, 0.717) is 13.2 Å². The van der Waals surface area contributed by atoms with E-state index in [1.165, 1.54) is 11.1 Å². The molecule has 40 heavy (non-hydrogen) atoms. The molecule has 2 fully saturated rings. The molecule has 0 N–H and O–H groups in total. The summed E-state index contributed by atoms with van der Waals surface area (Å²) in [5, 5.41) is 1.51. The quantitative estimate of drug-likeness (QED) is 0.202. The van der Waals surface area contributed by atoms with E-state index in [0.717, 1.165) is 82.7 Å². The van der Waals surface area contributed by atoms with Crippen molar-refractivity contribution in [3.8, 4) is 22.6 Å². The lowest BCUT2D eigenvalue weighted by atomic mass is 9.96. The first-order chi connectivity index (χ1) is 19.6. The van der Waals surface area contributed by atoms with Crippen molar-refractivity contribution in [3.05, 3.63) is 117 Å². The zero-order valence-corrected chi connectivity index (χ0v) is 23.8. The van der Waals surface area contributed by atoms with Gasteiger partial charge in [0, 0.05) is 22.9 Å². The molecular weight excluding hydrogens is 543 g/mol. The summed E-state index contributed by atoms with van der Waals surface area (Å²) in [7, 11) is 0. The van der Waals surface area contributed by atoms with Crippen LogP contribution < -0.4 is 9.47 Å². The molecule has 0 aliphatic carbocycles. The summed E-state index contributed by atoms with van der Waals surface area (Å²) in [6.07, 6.45) is 3.64. The van der Waals surface area contributed by atoms with Gasteiger partial charge in [-0.25, -0.2) is 0 Å². The molecule has 4 nitrogen and oxygen atoms in total. The normalized spacial score (nSPS) is 18.6. The van der Waals surface area contributed by atoms with Crippen molar-refractivity contribution in [2.75, 3.05) is 26.4 Å². The van der Waals surface area contributed by atoms with Gasteiger partial charge in [0.1, 0.15) is 23.7 Å². The van der Waals surface area contributed by atoms with Crippen LogP contribution >= 0.6 is 23.2 Å². The molecule has 2 aliphatic rings. The van der Waals surface area contributed by atoms with E-state index >= 15 is 0 Å². The van der Waals surface area contributed by atoms with E-state index in [-0.39, 0.29) is 12.2 Å². The van der Waals surface area contributed by atoms with Gasteiger partial charge in [-0.2, -0.15) is 0 Å². The summed E-state index contributed by atoms with van der Waals surface area (Å²) in [5.74, 6) is 1.75. The zero-order chi connectivity index (χ0) is 27.3. The standard InChI is InChI=1S/C34H32Cl2O4/c35-33-11-5-25(19-27(33)17-23-1-7-29(8-2-23)39-31-13-15-37-21-31)26-6-12-34(36)28(20-26)18-24-3-9-30(10-4-24)40-32-14-16-38-22-32/h1-12,19-20,31-32H,13-18,21-22H2/t31-,32+. The Morgan fingerprint density at radius 1 is 0.575 bits per heavy atom. The predicted molar refractivity (Wildman–Crippen MR) is 160 cm³/mol. The molecule has 0 radical (unpaired) electrons. The van der Waals surface area contributed by atoms with Crippen molar-refractivity contribution in [3.63, 3.8) is 0 Å². The molecule has 206 valence electrons. The van der Waals surface area contributed by atoms with Crippen LogP contribution in [-0.2, 0) is 22.3 Å². The van der Waals surface area contributed by atoms with Crippen LogP contribution in [0.25, 0.3) is 11.1 Å². The van der Waals surface area contributed by atoms with Crippen LogP contribution in [0.4, 0.5) is 0 Å². The Balaban J connectivity index is 1.14. The van der Waals surface area contributed by atoms with Crippen LogP contribution in [0.2, 0.25) is 10.0 Å². The molecule has 0 spiro atoms. The molecule has 0 unspecified atom stereocenters. The maximum Gasteiger partial charge on any atom is 0.124 e. The lowest BCUT2D eigenvalue weighted by Gasteiger charge is -2.14. The van der Waals surface area contributed by atoms with Gasteiger partial charge >= 0.3 is 0 Å². The summed E-state index contributed by atoms with van der Waals surface area (Å²) < 4.78 is 22.8. The van der Waals surface area contributed by atoms with E-state index in [9.17, 15) is 0 Å². The van der Waals surface area contributed by atoms with Crippen molar-refractivity contribution in [1.82, 2.24) is 0 Å². The SMILES string of the molecule is Clc1ccc(-c2ccc(Cl)c(Cc3ccc(O[C@H]4CCOC4)cc3)c2)cc1Cc1ccc(O[C@@H]2CCOC2)cc1. The van der Waals surface area contributed by atoms with Gasteiger partial charge in [-0.3, -0.25) is 0 Å². The Bertz CT molecular complexity index is 1310. The van der Waals surface area contributed by atoms with Gasteiger partial charge in [0.15, 0.2) is 0 Å². The van der Waals surface area contributed by atoms with E-state index in [2.05, 4.69) is 48.5 Å². The summed E-state index contributed by atoms with van der Waals surface area (Å²) in [6, 6.07) is 29.0. The third-order valence-corrected chi connectivity index (χ3v) is 8.18. The first-order valence-corrected chi connectivity index (χ1v) is 14.6. The average molecular weight is 576 g/mol. The van der Waals surface area contributed by atoms with Crippen LogP contribution in [0.15, 0.2) is 84.9 Å². The zero-order valence-electron chi connectivity index (χ0n) is 22.3. The number of hydrogen-bond acceptors (Lipinski definition) is 4. The summed E-state index contributed by atoms with van der Waals surface area (Å²) in [6.45, 7) is 2.86. The van der Waals surface area contributed by atoms with Gasteiger partial charge in [-0.05, 0) is 94.8 Å². The third kappa shape index (κ3) is 6.82. The average Bonchev–Trinajstić information content (AvgIpc) is 3.68. The van der Waals surface area contributed by atoms with E-state index in [4.69, 9.17) is 42.1 Å². The Hall–Kier alpha value is -3.02. The molecule has 0 aromatic heterocycles. The minimum Gasteiger partial charge on any atom is -0.488 e. The largest absolute Gasteiger partial charge is 0.488 e. The summed E-state index contributed by atoms with van der Waals surface area (Å²) >= 11 is 13.3. The molecule has 2 atom stereocenters. The highest BCUT2D eigenvalue weighted by Gasteiger charge is 2.18. The fourth-order valence-corrected chi connectivity index (χ4v) is 5.56. The molecule has 4 aromatic rings. The minimum atomic E-state index is 0.145. The molecule has 0 bridgehead atoms. The van der Waals surface area contributed by atoms with Gasteiger partial charge in [0.25, 0.3) is 0 Å². The molecule has 6 heteroatoms. The van der Waals surface area contributed by atoms with Crippen LogP contribution in [0.1, 0.15) is 35.1 Å². The molecule has 6 rings (SSSR count). The predicted octanol–water partition coefficient (Wildman–Crippen LogP) is 8.18. The van der Waals surface area contributed by atoms with E-state index in [1.807, 2.05) is 36.4 Å². The van der Waals surface area contributed by atoms with Crippen molar-refractivity contribution in [1.29, 1.82) is 0 Å². The number of hydrogen-bond donors (Lipinski definition) is 0. The van der Waals surface area contributed by atoms with Crippen LogP contribution in [0.5, 0.6) is 11.5 Å². The number of rotatable bonds is 9. The molecule has 4 aromatic carbocycles. The summed E-state index contributed by atoms with van der Waals surface area (Å²) in [5.41, 5.74) is 6.74. The monoisotopic (exact) mass is 574 g/mol. The molecule has 2 heterocycles. The molecule has 0 amide bonds. The highest BCUT2D eigenvalue weighted by molar-refractivity contribution is 6.32. The Labute approximate surface area is 245 Å². The van der Waals surface area contributed by atoms with Crippen LogP contribution in [-0.4, -0.2) is 38.6 Å². The van der Waals surface area contributed by atoms with Gasteiger partial charge in [0.2, 0.25) is 0 Å². The maximum atomic E-state index is 6.63. The molecule has 0 saturated carbocycles. The number of benzene rings is 4. The van der Waals surface area contributed by atoms with Crippen molar-refractivity contribution in [2.45, 2.75) is 37.9 Å². The highest BCUT2D eigenvalue weighted by Crippen LogP contribution is 2.31. The smallest absolute Gasteiger partial charge is 0.124 e. The second-order valence-corrected chi connectivity index (χ2v) is 11.3.